The maximum absolute atomic E-state index is 12.8. The molecular formula is C40H61N3O8. The van der Waals surface area contributed by atoms with Gasteiger partial charge in [0.15, 0.2) is 0 Å². The van der Waals surface area contributed by atoms with Gasteiger partial charge in [-0.05, 0) is 96.0 Å². The van der Waals surface area contributed by atoms with Crippen molar-refractivity contribution in [2.45, 2.75) is 147 Å². The predicted octanol–water partition coefficient (Wildman–Crippen LogP) is 4.53. The van der Waals surface area contributed by atoms with Gasteiger partial charge >= 0.3 is 0 Å². The number of nitrogens with zero attached hydrogens (tertiary/aromatic N) is 1. The first-order valence-electron chi connectivity index (χ1n) is 19.2. The van der Waals surface area contributed by atoms with E-state index in [0.717, 1.165) is 57.8 Å². The maximum Gasteiger partial charge on any atom is 0.253 e. The van der Waals surface area contributed by atoms with Gasteiger partial charge in [0.25, 0.3) is 11.8 Å². The monoisotopic (exact) mass is 711 g/mol. The first kappa shape index (κ1) is 39.3. The van der Waals surface area contributed by atoms with Gasteiger partial charge in [0.2, 0.25) is 11.8 Å². The van der Waals surface area contributed by atoms with Crippen molar-refractivity contribution in [1.29, 1.82) is 0 Å². The zero-order valence-corrected chi connectivity index (χ0v) is 31.5. The minimum absolute atomic E-state index is 0.00108. The van der Waals surface area contributed by atoms with E-state index in [1.54, 1.807) is 14.0 Å². The molecule has 4 amide bonds. The summed E-state index contributed by atoms with van der Waals surface area (Å²) in [5.41, 5.74) is 1.14. The van der Waals surface area contributed by atoms with Crippen LogP contribution in [0.25, 0.3) is 0 Å². The van der Waals surface area contributed by atoms with Gasteiger partial charge in [-0.25, -0.2) is 0 Å². The Bertz CT molecular complexity index is 1340. The van der Waals surface area contributed by atoms with Crippen molar-refractivity contribution < 1.29 is 38.5 Å². The molecule has 2 aliphatic carbocycles. The van der Waals surface area contributed by atoms with E-state index in [9.17, 15) is 24.3 Å². The fourth-order valence-corrected chi connectivity index (χ4v) is 8.95. The Hall–Kier alpha value is -2.86. The maximum atomic E-state index is 12.8. The summed E-state index contributed by atoms with van der Waals surface area (Å²) in [6, 6.07) is 0.0755. The lowest BCUT2D eigenvalue weighted by atomic mass is 9.84. The SMILES string of the molecule is CO[C@H]([C@@H](C)[C@H]1O[C@]1(C)C[C@H](C)/C=C/C=C(\C)[C@H]1O[C@@H](CC(=O)NCCC(=O)NC2CCC(CN3C(=O)C=CC3=O)CC2)CCC12CC2)[C@@H](C)O. The number of hydrogen-bond acceptors (Lipinski definition) is 8. The zero-order valence-electron chi connectivity index (χ0n) is 31.5. The molecule has 0 bridgehead atoms. The van der Waals surface area contributed by atoms with Crippen molar-refractivity contribution in [3.63, 3.8) is 0 Å². The Balaban J connectivity index is 0.992. The van der Waals surface area contributed by atoms with E-state index in [1.165, 1.54) is 22.6 Å². The van der Waals surface area contributed by atoms with E-state index < -0.39 is 6.10 Å². The van der Waals surface area contributed by atoms with E-state index in [2.05, 4.69) is 56.6 Å². The van der Waals surface area contributed by atoms with Crippen LogP contribution in [0.15, 0.2) is 36.0 Å². The Labute approximate surface area is 304 Å². The van der Waals surface area contributed by atoms with Crippen LogP contribution in [-0.2, 0) is 33.4 Å². The largest absolute Gasteiger partial charge is 0.391 e. The second kappa shape index (κ2) is 16.9. The zero-order chi connectivity index (χ0) is 36.9. The molecule has 3 heterocycles. The van der Waals surface area contributed by atoms with E-state index in [1.807, 2.05) is 0 Å². The second-order valence-corrected chi connectivity index (χ2v) is 16.4. The Morgan fingerprint density at radius 1 is 1.06 bits per heavy atom. The van der Waals surface area contributed by atoms with Crippen LogP contribution >= 0.6 is 0 Å². The molecule has 3 aliphatic heterocycles. The number of aliphatic hydroxyl groups is 1. The van der Waals surface area contributed by atoms with Crippen molar-refractivity contribution in [3.05, 3.63) is 36.0 Å². The van der Waals surface area contributed by atoms with Crippen molar-refractivity contribution in [2.24, 2.45) is 23.2 Å². The first-order valence-corrected chi connectivity index (χ1v) is 19.2. The molecule has 0 radical (unpaired) electrons. The fourth-order valence-electron chi connectivity index (χ4n) is 8.95. The molecule has 3 N–H and O–H groups in total. The summed E-state index contributed by atoms with van der Waals surface area (Å²) in [6.07, 6.45) is 17.2. The van der Waals surface area contributed by atoms with Gasteiger partial charge in [-0.1, -0.05) is 32.1 Å². The Morgan fingerprint density at radius 2 is 1.75 bits per heavy atom. The number of aliphatic hydroxyl groups excluding tert-OH is 1. The van der Waals surface area contributed by atoms with Crippen LogP contribution in [0, 0.1) is 23.2 Å². The number of carbonyl (C=O) groups is 4. The summed E-state index contributed by atoms with van der Waals surface area (Å²) in [4.78, 5) is 50.4. The standard InChI is InChI=1S/C40H61N3O8/c1-25(23-39(5)38(51-39)27(3)36(49-6)28(4)44)8-7-9-26(2)37-40(19-20-40)18-16-31(50-37)22-33(46)41-21-17-32(45)42-30-12-10-29(11-13-30)24-43-34(47)14-15-35(43)48/h7-9,14-15,25,27-31,36-38,44H,10-13,16-24H2,1-6H3,(H,41,46)(H,42,45)/b8-7+,26-9+/t25-,27-,28-,29?,30?,31-,36-,37-,38-,39-/m1/s1. The van der Waals surface area contributed by atoms with Gasteiger partial charge in [0.1, 0.15) is 0 Å². The molecule has 5 aliphatic rings. The summed E-state index contributed by atoms with van der Waals surface area (Å²) in [7, 11) is 1.64. The summed E-state index contributed by atoms with van der Waals surface area (Å²) in [5.74, 6) is 0.00318. The average molecular weight is 712 g/mol. The van der Waals surface area contributed by atoms with Crippen molar-refractivity contribution in [1.82, 2.24) is 15.5 Å². The highest BCUT2D eigenvalue weighted by molar-refractivity contribution is 6.12. The fraction of sp³-hybridized carbons (Fsp3) is 0.750. The normalized spacial score (nSPS) is 32.6. The number of rotatable bonds is 17. The lowest BCUT2D eigenvalue weighted by Crippen LogP contribution is -2.42. The Morgan fingerprint density at radius 3 is 2.37 bits per heavy atom. The lowest BCUT2D eigenvalue weighted by molar-refractivity contribution is -0.137. The molecule has 8 atom stereocenters. The summed E-state index contributed by atoms with van der Waals surface area (Å²) in [6.45, 7) is 11.0. The second-order valence-electron chi connectivity index (χ2n) is 16.4. The quantitative estimate of drug-likeness (QED) is 0.113. The van der Waals surface area contributed by atoms with Crippen molar-refractivity contribution in [3.8, 4) is 0 Å². The predicted molar refractivity (Wildman–Crippen MR) is 193 cm³/mol. The lowest BCUT2D eigenvalue weighted by Gasteiger charge is -2.37. The molecule has 1 spiro atoms. The molecule has 0 unspecified atom stereocenters. The van der Waals surface area contributed by atoms with Crippen LogP contribution in [0.4, 0.5) is 0 Å². The molecule has 0 aromatic rings. The number of nitrogens with one attached hydrogen (secondary N) is 2. The van der Waals surface area contributed by atoms with Gasteiger partial charge in [-0.2, -0.15) is 0 Å². The van der Waals surface area contributed by atoms with E-state index in [4.69, 9.17) is 14.2 Å². The minimum atomic E-state index is -0.551. The van der Waals surface area contributed by atoms with Crippen LogP contribution < -0.4 is 10.6 Å². The number of imide groups is 1. The molecule has 11 nitrogen and oxygen atoms in total. The molecule has 5 rings (SSSR count). The van der Waals surface area contributed by atoms with Crippen LogP contribution in [0.5, 0.6) is 0 Å². The van der Waals surface area contributed by atoms with Gasteiger partial charge < -0.3 is 30.0 Å². The topological polar surface area (TPSA) is 147 Å². The number of hydrogen-bond donors (Lipinski definition) is 3. The molecule has 0 aromatic heterocycles. The average Bonchev–Trinajstić information content (AvgIpc) is 3.97. The Kier molecular flexibility index (Phi) is 13.0. The van der Waals surface area contributed by atoms with Gasteiger partial charge in [-0.15, -0.1) is 0 Å². The van der Waals surface area contributed by atoms with Crippen molar-refractivity contribution >= 4 is 23.6 Å². The smallest absolute Gasteiger partial charge is 0.253 e. The van der Waals surface area contributed by atoms with Crippen LogP contribution in [0.1, 0.15) is 105 Å². The third-order valence-corrected chi connectivity index (χ3v) is 12.0. The number of allylic oxidation sites excluding steroid dienone is 3. The molecule has 2 saturated carbocycles. The van der Waals surface area contributed by atoms with Crippen LogP contribution in [-0.4, -0.2) is 96.0 Å². The summed E-state index contributed by atoms with van der Waals surface area (Å²) < 4.78 is 18.2. The highest BCUT2D eigenvalue weighted by Crippen LogP contribution is 2.58. The number of carbonyl (C=O) groups excluding carboxylic acids is 4. The van der Waals surface area contributed by atoms with E-state index >= 15 is 0 Å². The summed E-state index contributed by atoms with van der Waals surface area (Å²) >= 11 is 0. The van der Waals surface area contributed by atoms with Crippen LogP contribution in [0.2, 0.25) is 0 Å². The molecule has 51 heavy (non-hydrogen) atoms. The first-order chi connectivity index (χ1) is 24.2. The number of epoxide rings is 1. The van der Waals surface area contributed by atoms with Gasteiger partial charge in [0.05, 0.1) is 42.5 Å². The third kappa shape index (κ3) is 10.2. The highest BCUT2D eigenvalue weighted by Gasteiger charge is 2.57. The molecule has 0 aromatic carbocycles. The summed E-state index contributed by atoms with van der Waals surface area (Å²) in [5, 5.41) is 16.1. The molecule has 11 heteroatoms. The molecule has 284 valence electrons. The molecule has 2 saturated heterocycles. The van der Waals surface area contributed by atoms with Crippen molar-refractivity contribution in [2.75, 3.05) is 20.2 Å². The highest BCUT2D eigenvalue weighted by atomic mass is 16.6. The number of methoxy groups -OCH3 is 1. The van der Waals surface area contributed by atoms with E-state index in [0.29, 0.717) is 12.5 Å². The van der Waals surface area contributed by atoms with Crippen LogP contribution in [0.3, 0.4) is 0 Å². The number of amides is 4. The molecular weight excluding hydrogens is 650 g/mol. The van der Waals surface area contributed by atoms with E-state index in [-0.39, 0.29) is 96.3 Å². The molecule has 4 fully saturated rings. The minimum Gasteiger partial charge on any atom is -0.391 e. The van der Waals surface area contributed by atoms with Gasteiger partial charge in [-0.3, -0.25) is 24.1 Å². The number of ether oxygens (including phenoxy) is 3. The van der Waals surface area contributed by atoms with Gasteiger partial charge in [0, 0.05) is 56.1 Å². The third-order valence-electron chi connectivity index (χ3n) is 12.0.